The highest BCUT2D eigenvalue weighted by atomic mass is 16.5. The van der Waals surface area contributed by atoms with Crippen molar-refractivity contribution in [3.8, 4) is 11.6 Å². The Labute approximate surface area is 186 Å². The third-order valence-corrected chi connectivity index (χ3v) is 7.59. The second-order valence-electron chi connectivity index (χ2n) is 10.9. The maximum atomic E-state index is 12.8. The first-order valence-electron chi connectivity index (χ1n) is 11.4. The minimum absolute atomic E-state index is 0.0674. The molecular formula is C26H35N3O2. The van der Waals surface area contributed by atoms with E-state index in [0.717, 1.165) is 17.7 Å². The van der Waals surface area contributed by atoms with Crippen molar-refractivity contribution in [3.05, 3.63) is 48.2 Å². The summed E-state index contributed by atoms with van der Waals surface area (Å²) in [5.41, 5.74) is 1.99. The summed E-state index contributed by atoms with van der Waals surface area (Å²) in [4.78, 5) is 17.2. The molecule has 166 valence electrons. The van der Waals surface area contributed by atoms with Crippen LogP contribution < -0.4 is 15.4 Å². The van der Waals surface area contributed by atoms with E-state index in [0.29, 0.717) is 34.7 Å². The number of hydrogen-bond donors (Lipinski definition) is 2. The third kappa shape index (κ3) is 4.15. The second kappa shape index (κ2) is 7.85. The van der Waals surface area contributed by atoms with Gasteiger partial charge in [0.25, 0.3) is 0 Å². The Balaban J connectivity index is 1.46. The van der Waals surface area contributed by atoms with E-state index in [4.69, 9.17) is 4.74 Å². The van der Waals surface area contributed by atoms with Crippen molar-refractivity contribution in [2.24, 2.45) is 23.2 Å². The van der Waals surface area contributed by atoms with Crippen molar-refractivity contribution in [1.29, 1.82) is 0 Å². The normalized spacial score (nSPS) is 26.5. The van der Waals surface area contributed by atoms with Crippen LogP contribution >= 0.6 is 0 Å². The minimum atomic E-state index is -0.196. The van der Waals surface area contributed by atoms with Gasteiger partial charge in [-0.3, -0.25) is 0 Å². The summed E-state index contributed by atoms with van der Waals surface area (Å²) in [6.45, 7) is 13.5. The number of para-hydroxylation sites is 1. The van der Waals surface area contributed by atoms with Gasteiger partial charge >= 0.3 is 6.03 Å². The van der Waals surface area contributed by atoms with Gasteiger partial charge in [-0.15, -0.1) is 0 Å². The van der Waals surface area contributed by atoms with Crippen LogP contribution in [0.15, 0.2) is 42.6 Å². The maximum absolute atomic E-state index is 12.8. The maximum Gasteiger partial charge on any atom is 0.319 e. The average molecular weight is 422 g/mol. The number of carbonyl (C=O) groups excluding carboxylic acids is 1. The molecule has 1 aromatic heterocycles. The SMILES string of the molecule is C[C@@H]1[C@H]2C[C@@H](C[C@H]1NC(=O)Nc1cccnc1Oc1ccccc1C(C)(C)C)C2(C)C. The summed E-state index contributed by atoms with van der Waals surface area (Å²) in [6.07, 6.45) is 4.02. The van der Waals surface area contributed by atoms with Crippen molar-refractivity contribution in [3.63, 3.8) is 0 Å². The smallest absolute Gasteiger partial charge is 0.319 e. The molecule has 1 heterocycles. The van der Waals surface area contributed by atoms with E-state index in [9.17, 15) is 4.79 Å². The van der Waals surface area contributed by atoms with Crippen LogP contribution in [0.1, 0.15) is 59.9 Å². The lowest BCUT2D eigenvalue weighted by atomic mass is 9.45. The lowest BCUT2D eigenvalue weighted by Crippen LogP contribution is -2.61. The van der Waals surface area contributed by atoms with E-state index in [1.165, 1.54) is 6.42 Å². The van der Waals surface area contributed by atoms with Gasteiger partial charge in [-0.25, -0.2) is 9.78 Å². The highest BCUT2D eigenvalue weighted by Crippen LogP contribution is 2.61. The van der Waals surface area contributed by atoms with Crippen LogP contribution in [0.3, 0.4) is 0 Å². The van der Waals surface area contributed by atoms with Gasteiger partial charge in [0.15, 0.2) is 0 Å². The molecule has 3 aliphatic rings. The number of fused-ring (bicyclic) bond motifs is 2. The number of ether oxygens (including phenoxy) is 1. The molecular weight excluding hydrogens is 386 g/mol. The molecule has 2 amide bonds. The predicted molar refractivity (Wildman–Crippen MR) is 125 cm³/mol. The molecule has 5 heteroatoms. The van der Waals surface area contributed by atoms with E-state index in [1.807, 2.05) is 24.3 Å². The van der Waals surface area contributed by atoms with Crippen LogP contribution in [0, 0.1) is 23.2 Å². The molecule has 4 atom stereocenters. The van der Waals surface area contributed by atoms with Gasteiger partial charge in [0.05, 0.1) is 0 Å². The molecule has 5 rings (SSSR count). The zero-order valence-corrected chi connectivity index (χ0v) is 19.5. The van der Waals surface area contributed by atoms with Gasteiger partial charge in [0, 0.05) is 17.8 Å². The molecule has 0 radical (unpaired) electrons. The van der Waals surface area contributed by atoms with Gasteiger partial charge in [-0.1, -0.05) is 59.7 Å². The molecule has 3 fully saturated rings. The number of anilines is 1. The standard InChI is InChI=1S/C26H35N3O2/c1-16-19-14-17(26(19,5)6)15-21(16)29-24(30)28-20-11-9-13-27-23(20)31-22-12-8-7-10-18(22)25(2,3)4/h7-13,16-17,19,21H,14-15H2,1-6H3,(H2,28,29,30)/t16-,17+,19-,21-/m1/s1. The topological polar surface area (TPSA) is 63.2 Å². The van der Waals surface area contributed by atoms with Gasteiger partial charge in [-0.05, 0) is 59.6 Å². The molecule has 31 heavy (non-hydrogen) atoms. The summed E-state index contributed by atoms with van der Waals surface area (Å²) < 4.78 is 6.18. The van der Waals surface area contributed by atoms with Gasteiger partial charge in [0.2, 0.25) is 5.88 Å². The van der Waals surface area contributed by atoms with Crippen molar-refractivity contribution < 1.29 is 9.53 Å². The molecule has 2 bridgehead atoms. The molecule has 0 aliphatic heterocycles. The van der Waals surface area contributed by atoms with Crippen molar-refractivity contribution in [2.75, 3.05) is 5.32 Å². The van der Waals surface area contributed by atoms with Crippen molar-refractivity contribution in [2.45, 2.75) is 65.8 Å². The predicted octanol–water partition coefficient (Wildman–Crippen LogP) is 6.36. The van der Waals surface area contributed by atoms with Crippen LogP contribution in [0.25, 0.3) is 0 Å². The number of urea groups is 1. The van der Waals surface area contributed by atoms with Crippen LogP contribution in [0.5, 0.6) is 11.6 Å². The number of carbonyl (C=O) groups is 1. The number of nitrogens with zero attached hydrogens (tertiary/aromatic N) is 1. The molecule has 2 N–H and O–H groups in total. The number of rotatable bonds is 4. The van der Waals surface area contributed by atoms with E-state index >= 15 is 0 Å². The molecule has 5 nitrogen and oxygen atoms in total. The first kappa shape index (κ1) is 21.7. The summed E-state index contributed by atoms with van der Waals surface area (Å²) >= 11 is 0. The van der Waals surface area contributed by atoms with Gasteiger partial charge in [-0.2, -0.15) is 0 Å². The number of aromatic nitrogens is 1. The zero-order chi connectivity index (χ0) is 22.4. The van der Waals surface area contributed by atoms with Crippen LogP contribution in [-0.4, -0.2) is 17.1 Å². The first-order valence-corrected chi connectivity index (χ1v) is 11.4. The van der Waals surface area contributed by atoms with E-state index in [-0.39, 0.29) is 17.5 Å². The van der Waals surface area contributed by atoms with Gasteiger partial charge in [0.1, 0.15) is 11.4 Å². The molecule has 0 saturated heterocycles. The zero-order valence-electron chi connectivity index (χ0n) is 19.5. The molecule has 0 unspecified atom stereocenters. The molecule has 1 aromatic carbocycles. The van der Waals surface area contributed by atoms with Crippen LogP contribution in [0.4, 0.5) is 10.5 Å². The van der Waals surface area contributed by atoms with Crippen LogP contribution in [0.2, 0.25) is 0 Å². The summed E-state index contributed by atoms with van der Waals surface area (Å²) in [7, 11) is 0. The average Bonchev–Trinajstić information content (AvgIpc) is 2.70. The Hall–Kier alpha value is -2.56. The number of amides is 2. The summed E-state index contributed by atoms with van der Waals surface area (Å²) in [5, 5.41) is 6.18. The number of nitrogens with one attached hydrogen (secondary N) is 2. The molecule has 0 spiro atoms. The quantitative estimate of drug-likeness (QED) is 0.603. The Bertz CT molecular complexity index is 963. The molecule has 3 aliphatic carbocycles. The Kier molecular flexibility index (Phi) is 5.48. The monoisotopic (exact) mass is 421 g/mol. The molecule has 3 saturated carbocycles. The van der Waals surface area contributed by atoms with Crippen molar-refractivity contribution in [1.82, 2.24) is 10.3 Å². The summed E-state index contributed by atoms with van der Waals surface area (Å²) in [5.74, 6) is 3.01. The fourth-order valence-electron chi connectivity index (χ4n) is 5.51. The number of pyridine rings is 1. The lowest BCUT2D eigenvalue weighted by Gasteiger charge is -2.62. The third-order valence-electron chi connectivity index (χ3n) is 7.59. The lowest BCUT2D eigenvalue weighted by molar-refractivity contribution is -0.112. The van der Waals surface area contributed by atoms with E-state index in [1.54, 1.807) is 12.3 Å². The highest BCUT2D eigenvalue weighted by molar-refractivity contribution is 5.90. The van der Waals surface area contributed by atoms with Gasteiger partial charge < -0.3 is 15.4 Å². The Morgan fingerprint density at radius 1 is 1.13 bits per heavy atom. The minimum Gasteiger partial charge on any atom is -0.437 e. The highest BCUT2D eigenvalue weighted by Gasteiger charge is 2.56. The number of benzene rings is 1. The largest absolute Gasteiger partial charge is 0.437 e. The van der Waals surface area contributed by atoms with Crippen LogP contribution in [-0.2, 0) is 5.41 Å². The fraction of sp³-hybridized carbons (Fsp3) is 0.538. The van der Waals surface area contributed by atoms with E-state index < -0.39 is 0 Å². The second-order valence-corrected chi connectivity index (χ2v) is 10.9. The summed E-state index contributed by atoms with van der Waals surface area (Å²) in [6, 6.07) is 11.6. The fourth-order valence-corrected chi connectivity index (χ4v) is 5.51. The van der Waals surface area contributed by atoms with E-state index in [2.05, 4.69) is 63.2 Å². The molecule has 2 aromatic rings. The first-order chi connectivity index (χ1) is 14.6. The van der Waals surface area contributed by atoms with Crippen molar-refractivity contribution >= 4 is 11.7 Å². The number of hydrogen-bond acceptors (Lipinski definition) is 3. The Morgan fingerprint density at radius 3 is 2.55 bits per heavy atom. The Morgan fingerprint density at radius 2 is 1.87 bits per heavy atom.